The highest BCUT2D eigenvalue weighted by atomic mass is 35.5. The Balaban J connectivity index is 3.23. The second-order valence-corrected chi connectivity index (χ2v) is 2.47. The number of carbonyl (C=O) groups is 1. The first-order chi connectivity index (χ1) is 4.63. The van der Waals surface area contributed by atoms with Gasteiger partial charge in [0, 0.05) is 0 Å². The Morgan fingerprint density at radius 2 is 2.20 bits per heavy atom. The van der Waals surface area contributed by atoms with Gasteiger partial charge in [-0.1, -0.05) is 0 Å². The summed E-state index contributed by atoms with van der Waals surface area (Å²) < 4.78 is 4.95. The molecule has 1 heterocycles. The van der Waals surface area contributed by atoms with Gasteiger partial charge in [0.1, 0.15) is 5.76 Å². The zero-order valence-electron chi connectivity index (χ0n) is 5.77. The minimum absolute atomic E-state index is 0.455. The van der Waals surface area contributed by atoms with E-state index < -0.39 is 5.24 Å². The number of halogens is 1. The topological polar surface area (TPSA) is 30.2 Å². The molecule has 0 unspecified atom stereocenters. The minimum atomic E-state index is -0.455. The van der Waals surface area contributed by atoms with Crippen LogP contribution >= 0.6 is 11.6 Å². The Morgan fingerprint density at radius 1 is 1.60 bits per heavy atom. The van der Waals surface area contributed by atoms with Crippen molar-refractivity contribution in [1.29, 1.82) is 0 Å². The van der Waals surface area contributed by atoms with Gasteiger partial charge in [0.05, 0.1) is 11.8 Å². The zero-order valence-corrected chi connectivity index (χ0v) is 6.53. The van der Waals surface area contributed by atoms with Crippen LogP contribution in [0.2, 0.25) is 0 Å². The average molecular weight is 159 g/mol. The summed E-state index contributed by atoms with van der Waals surface area (Å²) in [5.41, 5.74) is 1.28. The van der Waals surface area contributed by atoms with Crippen LogP contribution in [0.15, 0.2) is 10.7 Å². The molecule has 0 spiro atoms. The maximum atomic E-state index is 10.7. The predicted molar refractivity (Wildman–Crippen MR) is 38.4 cm³/mol. The number of hydrogen-bond acceptors (Lipinski definition) is 2. The van der Waals surface area contributed by atoms with E-state index >= 15 is 0 Å². The third kappa shape index (κ3) is 1.07. The smallest absolute Gasteiger partial charge is 0.256 e. The van der Waals surface area contributed by atoms with Crippen molar-refractivity contribution in [2.45, 2.75) is 13.8 Å². The molecule has 0 fully saturated rings. The molecule has 0 amide bonds. The summed E-state index contributed by atoms with van der Waals surface area (Å²) in [6, 6.07) is 0. The van der Waals surface area contributed by atoms with E-state index in [-0.39, 0.29) is 0 Å². The second-order valence-electron chi connectivity index (χ2n) is 2.12. The number of aryl methyl sites for hydroxylation is 2. The lowest BCUT2D eigenvalue weighted by Gasteiger charge is -1.88. The van der Waals surface area contributed by atoms with Gasteiger partial charge in [0.2, 0.25) is 0 Å². The quantitative estimate of drug-likeness (QED) is 0.587. The molecule has 3 heteroatoms. The summed E-state index contributed by atoms with van der Waals surface area (Å²) in [5.74, 6) is 0.581. The lowest BCUT2D eigenvalue weighted by Crippen LogP contribution is -1.90. The summed E-state index contributed by atoms with van der Waals surface area (Å²) in [6.07, 6.45) is 1.52. The fourth-order valence-corrected chi connectivity index (χ4v) is 1.15. The van der Waals surface area contributed by atoms with Crippen LogP contribution in [0, 0.1) is 13.8 Å². The van der Waals surface area contributed by atoms with Gasteiger partial charge >= 0.3 is 0 Å². The van der Waals surface area contributed by atoms with Crippen LogP contribution in [-0.4, -0.2) is 5.24 Å². The third-order valence-electron chi connectivity index (χ3n) is 1.36. The van der Waals surface area contributed by atoms with Crippen LogP contribution in [0.4, 0.5) is 0 Å². The van der Waals surface area contributed by atoms with Gasteiger partial charge in [-0.05, 0) is 31.0 Å². The highest BCUT2D eigenvalue weighted by Gasteiger charge is 2.12. The van der Waals surface area contributed by atoms with Gasteiger partial charge in [-0.25, -0.2) is 0 Å². The molecule has 54 valence electrons. The van der Waals surface area contributed by atoms with E-state index in [1.807, 2.05) is 0 Å². The summed E-state index contributed by atoms with van der Waals surface area (Å²) in [7, 11) is 0. The predicted octanol–water partition coefficient (Wildman–Crippen LogP) is 2.28. The number of furan rings is 1. The normalized spacial score (nSPS) is 9.90. The molecular weight excluding hydrogens is 152 g/mol. The summed E-state index contributed by atoms with van der Waals surface area (Å²) in [5, 5.41) is -0.455. The molecule has 0 aliphatic heterocycles. The first-order valence-electron chi connectivity index (χ1n) is 2.87. The van der Waals surface area contributed by atoms with E-state index in [1.165, 1.54) is 6.26 Å². The van der Waals surface area contributed by atoms with Gasteiger partial charge in [-0.15, -0.1) is 0 Å². The standard InChI is InChI=1S/C7H7ClO2/c1-4-3-10-5(2)6(4)7(8)9/h3H,1-2H3. The number of carbonyl (C=O) groups excluding carboxylic acids is 1. The first kappa shape index (κ1) is 7.35. The monoisotopic (exact) mass is 158 g/mol. The molecule has 1 aromatic rings. The number of rotatable bonds is 1. The van der Waals surface area contributed by atoms with Gasteiger partial charge in [0.15, 0.2) is 0 Å². The molecule has 0 aliphatic carbocycles. The highest BCUT2D eigenvalue weighted by molar-refractivity contribution is 6.68. The molecule has 2 nitrogen and oxygen atoms in total. The molecule has 0 bridgehead atoms. The molecule has 0 saturated heterocycles. The summed E-state index contributed by atoms with van der Waals surface area (Å²) in [4.78, 5) is 10.7. The van der Waals surface area contributed by atoms with Crippen LogP contribution in [0.25, 0.3) is 0 Å². The van der Waals surface area contributed by atoms with E-state index in [4.69, 9.17) is 16.0 Å². The van der Waals surface area contributed by atoms with Gasteiger partial charge in [-0.3, -0.25) is 4.79 Å². The minimum Gasteiger partial charge on any atom is -0.469 e. The van der Waals surface area contributed by atoms with E-state index in [9.17, 15) is 4.79 Å². The molecule has 0 aromatic carbocycles. The van der Waals surface area contributed by atoms with Crippen molar-refractivity contribution < 1.29 is 9.21 Å². The van der Waals surface area contributed by atoms with Gasteiger partial charge in [0.25, 0.3) is 5.24 Å². The van der Waals surface area contributed by atoms with Crippen molar-refractivity contribution in [2.24, 2.45) is 0 Å². The maximum absolute atomic E-state index is 10.7. The van der Waals surface area contributed by atoms with E-state index in [2.05, 4.69) is 0 Å². The molecule has 1 aromatic heterocycles. The second kappa shape index (κ2) is 2.46. The molecule has 0 radical (unpaired) electrons. The van der Waals surface area contributed by atoms with Crippen LogP contribution in [0.3, 0.4) is 0 Å². The first-order valence-corrected chi connectivity index (χ1v) is 3.25. The summed E-state index contributed by atoms with van der Waals surface area (Å²) >= 11 is 5.26. The molecule has 10 heavy (non-hydrogen) atoms. The van der Waals surface area contributed by atoms with Crippen molar-refractivity contribution in [3.05, 3.63) is 23.2 Å². The molecule has 0 N–H and O–H groups in total. The fraction of sp³-hybridized carbons (Fsp3) is 0.286. The lowest BCUT2D eigenvalue weighted by atomic mass is 10.2. The van der Waals surface area contributed by atoms with E-state index in [1.54, 1.807) is 13.8 Å². The maximum Gasteiger partial charge on any atom is 0.256 e. The van der Waals surface area contributed by atoms with E-state index in [0.717, 1.165) is 5.56 Å². The Bertz CT molecular complexity index is 243. The molecule has 0 atom stereocenters. The molecular formula is C7H7ClO2. The van der Waals surface area contributed by atoms with Crippen molar-refractivity contribution >= 4 is 16.8 Å². The van der Waals surface area contributed by atoms with Crippen molar-refractivity contribution in [2.75, 3.05) is 0 Å². The number of hydrogen-bond donors (Lipinski definition) is 0. The Kier molecular flexibility index (Phi) is 1.81. The van der Waals surface area contributed by atoms with Crippen LogP contribution in [0.1, 0.15) is 21.7 Å². The van der Waals surface area contributed by atoms with Crippen LogP contribution < -0.4 is 0 Å². The summed E-state index contributed by atoms with van der Waals surface area (Å²) in [6.45, 7) is 3.49. The fourth-order valence-electron chi connectivity index (χ4n) is 0.866. The Morgan fingerprint density at radius 3 is 2.40 bits per heavy atom. The van der Waals surface area contributed by atoms with Gasteiger partial charge in [-0.2, -0.15) is 0 Å². The van der Waals surface area contributed by atoms with Crippen LogP contribution in [-0.2, 0) is 0 Å². The van der Waals surface area contributed by atoms with Gasteiger partial charge < -0.3 is 4.42 Å². The van der Waals surface area contributed by atoms with Crippen molar-refractivity contribution in [3.63, 3.8) is 0 Å². The van der Waals surface area contributed by atoms with E-state index in [0.29, 0.717) is 11.3 Å². The average Bonchev–Trinajstić information content (AvgIpc) is 2.11. The lowest BCUT2D eigenvalue weighted by molar-refractivity contribution is 0.107. The highest BCUT2D eigenvalue weighted by Crippen LogP contribution is 2.16. The van der Waals surface area contributed by atoms with Crippen LogP contribution in [0.5, 0.6) is 0 Å². The largest absolute Gasteiger partial charge is 0.469 e. The van der Waals surface area contributed by atoms with Crippen molar-refractivity contribution in [1.82, 2.24) is 0 Å². The Labute approximate surface area is 63.8 Å². The Hall–Kier alpha value is -0.760. The van der Waals surface area contributed by atoms with Crippen molar-refractivity contribution in [3.8, 4) is 0 Å². The SMILES string of the molecule is Cc1coc(C)c1C(=O)Cl. The zero-order chi connectivity index (χ0) is 7.72. The molecule has 1 rings (SSSR count). The molecule has 0 aliphatic rings. The molecule has 0 saturated carbocycles. The third-order valence-corrected chi connectivity index (χ3v) is 1.54.